The summed E-state index contributed by atoms with van der Waals surface area (Å²) >= 11 is 5.47. The van der Waals surface area contributed by atoms with Gasteiger partial charge in [-0.05, 0) is 67.8 Å². The number of rotatable bonds is 5. The number of piperidine rings is 1. The molecule has 0 amide bonds. The van der Waals surface area contributed by atoms with Crippen LogP contribution in [0.25, 0.3) is 0 Å². The Hall–Kier alpha value is 0.1000. The smallest absolute Gasteiger partial charge is 0.0314 e. The molecule has 1 N–H and O–H groups in total. The Kier molecular flexibility index (Phi) is 5.67. The van der Waals surface area contributed by atoms with Crippen molar-refractivity contribution < 1.29 is 0 Å². The molecule has 0 atom stereocenters. The molecule has 2 nitrogen and oxygen atoms in total. The number of likely N-dealkylation sites (tertiary alicyclic amines) is 1. The van der Waals surface area contributed by atoms with E-state index in [9.17, 15) is 0 Å². The third kappa shape index (κ3) is 4.05. The lowest BCUT2D eigenvalue weighted by Crippen LogP contribution is -2.42. The molecule has 18 heavy (non-hydrogen) atoms. The lowest BCUT2D eigenvalue weighted by molar-refractivity contribution is 0.197. The van der Waals surface area contributed by atoms with Crippen molar-refractivity contribution in [3.05, 3.63) is 20.3 Å². The second-order valence-corrected chi connectivity index (χ2v) is 7.31. The molecular formula is C14H23BrN2S. The average molecular weight is 331 g/mol. The molecule has 0 aromatic carbocycles. The summed E-state index contributed by atoms with van der Waals surface area (Å²) in [6.45, 7) is 9.25. The highest BCUT2D eigenvalue weighted by molar-refractivity contribution is 9.10. The minimum atomic E-state index is 0.708. The van der Waals surface area contributed by atoms with Gasteiger partial charge in [0.15, 0.2) is 0 Å². The van der Waals surface area contributed by atoms with Crippen molar-refractivity contribution in [2.75, 3.05) is 19.6 Å². The zero-order valence-electron chi connectivity index (χ0n) is 11.3. The van der Waals surface area contributed by atoms with Gasteiger partial charge in [0, 0.05) is 26.8 Å². The van der Waals surface area contributed by atoms with Crippen LogP contribution >= 0.6 is 27.3 Å². The minimum Gasteiger partial charge on any atom is -0.309 e. The van der Waals surface area contributed by atoms with Crippen molar-refractivity contribution >= 4 is 27.3 Å². The molecule has 0 saturated carbocycles. The second-order valence-electron chi connectivity index (χ2n) is 5.11. The van der Waals surface area contributed by atoms with Crippen molar-refractivity contribution in [2.24, 2.45) is 0 Å². The van der Waals surface area contributed by atoms with E-state index < -0.39 is 0 Å². The van der Waals surface area contributed by atoms with Crippen LogP contribution in [0.15, 0.2) is 10.5 Å². The van der Waals surface area contributed by atoms with E-state index in [-0.39, 0.29) is 0 Å². The molecule has 1 aliphatic rings. The number of nitrogens with one attached hydrogen (secondary N) is 1. The van der Waals surface area contributed by atoms with E-state index in [1.54, 1.807) is 0 Å². The molecule has 0 radical (unpaired) electrons. The lowest BCUT2D eigenvalue weighted by Gasteiger charge is -2.32. The summed E-state index contributed by atoms with van der Waals surface area (Å²) in [4.78, 5) is 5.41. The molecule has 0 spiro atoms. The monoisotopic (exact) mass is 330 g/mol. The van der Waals surface area contributed by atoms with Crippen LogP contribution in [0.3, 0.4) is 0 Å². The lowest BCUT2D eigenvalue weighted by atomic mass is 10.0. The van der Waals surface area contributed by atoms with Gasteiger partial charge in [-0.2, -0.15) is 0 Å². The van der Waals surface area contributed by atoms with Gasteiger partial charge in [0.1, 0.15) is 0 Å². The highest BCUT2D eigenvalue weighted by Gasteiger charge is 2.18. The van der Waals surface area contributed by atoms with Crippen LogP contribution in [-0.2, 0) is 6.54 Å². The number of thiophene rings is 1. The van der Waals surface area contributed by atoms with E-state index in [0.29, 0.717) is 6.04 Å². The van der Waals surface area contributed by atoms with Gasteiger partial charge in [-0.15, -0.1) is 11.3 Å². The number of halogens is 1. The van der Waals surface area contributed by atoms with Crippen molar-refractivity contribution in [3.8, 4) is 0 Å². The van der Waals surface area contributed by atoms with Crippen LogP contribution in [0.4, 0.5) is 0 Å². The maximum atomic E-state index is 3.70. The number of aryl methyl sites for hydroxylation is 1. The van der Waals surface area contributed by atoms with E-state index >= 15 is 0 Å². The Morgan fingerprint density at radius 2 is 2.17 bits per heavy atom. The van der Waals surface area contributed by atoms with Crippen LogP contribution in [0.5, 0.6) is 0 Å². The van der Waals surface area contributed by atoms with Gasteiger partial charge in [-0.3, -0.25) is 0 Å². The van der Waals surface area contributed by atoms with Gasteiger partial charge in [0.05, 0.1) is 0 Å². The molecule has 2 heterocycles. The van der Waals surface area contributed by atoms with Crippen molar-refractivity contribution in [1.29, 1.82) is 0 Å². The molecule has 0 aliphatic carbocycles. The van der Waals surface area contributed by atoms with Crippen molar-refractivity contribution in [3.63, 3.8) is 0 Å². The quantitative estimate of drug-likeness (QED) is 0.883. The maximum Gasteiger partial charge on any atom is 0.0314 e. The topological polar surface area (TPSA) is 15.3 Å². The van der Waals surface area contributed by atoms with E-state index in [0.717, 1.165) is 6.54 Å². The average Bonchev–Trinajstić information content (AvgIpc) is 2.68. The summed E-state index contributed by atoms with van der Waals surface area (Å²) < 4.78 is 1.25. The van der Waals surface area contributed by atoms with Crippen LogP contribution in [0, 0.1) is 6.92 Å². The third-order valence-electron chi connectivity index (χ3n) is 3.60. The SMILES string of the molecule is CCCN1CCC(NCc2cc(Br)c(C)s2)CC1. The zero-order chi connectivity index (χ0) is 13.0. The fourth-order valence-corrected chi connectivity index (χ4v) is 4.08. The van der Waals surface area contributed by atoms with Crippen molar-refractivity contribution in [2.45, 2.75) is 45.7 Å². The van der Waals surface area contributed by atoms with E-state index in [1.807, 2.05) is 11.3 Å². The summed E-state index contributed by atoms with van der Waals surface area (Å²) in [5, 5.41) is 3.70. The molecule has 2 rings (SSSR count). The first-order valence-corrected chi connectivity index (χ1v) is 8.50. The Morgan fingerprint density at radius 3 is 2.72 bits per heavy atom. The van der Waals surface area contributed by atoms with E-state index in [4.69, 9.17) is 0 Å². The predicted molar refractivity (Wildman–Crippen MR) is 83.3 cm³/mol. The fourth-order valence-electron chi connectivity index (χ4n) is 2.53. The zero-order valence-corrected chi connectivity index (χ0v) is 13.7. The molecule has 1 aliphatic heterocycles. The van der Waals surface area contributed by atoms with Gasteiger partial charge in [0.2, 0.25) is 0 Å². The van der Waals surface area contributed by atoms with Crippen molar-refractivity contribution in [1.82, 2.24) is 10.2 Å². The fraction of sp³-hybridized carbons (Fsp3) is 0.714. The molecule has 1 fully saturated rings. The summed E-state index contributed by atoms with van der Waals surface area (Å²) in [6.07, 6.45) is 3.87. The summed E-state index contributed by atoms with van der Waals surface area (Å²) in [5.41, 5.74) is 0. The van der Waals surface area contributed by atoms with Crippen LogP contribution in [0.1, 0.15) is 35.9 Å². The molecule has 1 aromatic rings. The molecule has 1 aromatic heterocycles. The standard InChI is InChI=1S/C14H23BrN2S/c1-3-6-17-7-4-12(5-8-17)16-10-13-9-14(15)11(2)18-13/h9,12,16H,3-8,10H2,1-2H3. The van der Waals surface area contributed by atoms with Gasteiger partial charge >= 0.3 is 0 Å². The first-order chi connectivity index (χ1) is 8.69. The van der Waals surface area contributed by atoms with Gasteiger partial charge < -0.3 is 10.2 Å². The Labute approximate surface area is 123 Å². The highest BCUT2D eigenvalue weighted by Crippen LogP contribution is 2.26. The normalized spacial score (nSPS) is 18.4. The minimum absolute atomic E-state index is 0.708. The Morgan fingerprint density at radius 1 is 1.44 bits per heavy atom. The molecule has 0 bridgehead atoms. The second kappa shape index (κ2) is 7.04. The summed E-state index contributed by atoms with van der Waals surface area (Å²) in [6, 6.07) is 2.96. The van der Waals surface area contributed by atoms with Crippen LogP contribution in [-0.4, -0.2) is 30.6 Å². The highest BCUT2D eigenvalue weighted by atomic mass is 79.9. The van der Waals surface area contributed by atoms with Crippen LogP contribution in [0.2, 0.25) is 0 Å². The largest absolute Gasteiger partial charge is 0.309 e. The van der Waals surface area contributed by atoms with Gasteiger partial charge in [0.25, 0.3) is 0 Å². The number of hydrogen-bond donors (Lipinski definition) is 1. The third-order valence-corrected chi connectivity index (χ3v) is 5.74. The maximum absolute atomic E-state index is 3.70. The molecule has 0 unspecified atom stereocenters. The number of hydrogen-bond acceptors (Lipinski definition) is 3. The van der Waals surface area contributed by atoms with E-state index in [1.165, 1.54) is 53.1 Å². The summed E-state index contributed by atoms with van der Waals surface area (Å²) in [7, 11) is 0. The van der Waals surface area contributed by atoms with Crippen LogP contribution < -0.4 is 5.32 Å². The van der Waals surface area contributed by atoms with Gasteiger partial charge in [-0.25, -0.2) is 0 Å². The predicted octanol–water partition coefficient (Wildman–Crippen LogP) is 3.78. The van der Waals surface area contributed by atoms with Gasteiger partial charge in [-0.1, -0.05) is 6.92 Å². The van der Waals surface area contributed by atoms with E-state index in [2.05, 4.69) is 46.1 Å². The first kappa shape index (κ1) is 14.5. The molecule has 4 heteroatoms. The first-order valence-electron chi connectivity index (χ1n) is 6.89. The Balaban J connectivity index is 1.72. The Bertz CT molecular complexity index is 350. The number of nitrogens with zero attached hydrogens (tertiary/aromatic N) is 1. The molecular weight excluding hydrogens is 308 g/mol. The molecule has 102 valence electrons. The molecule has 1 saturated heterocycles. The summed E-state index contributed by atoms with van der Waals surface area (Å²) in [5.74, 6) is 0.